The van der Waals surface area contributed by atoms with Crippen molar-refractivity contribution in [3.05, 3.63) is 33.9 Å². The van der Waals surface area contributed by atoms with Crippen LogP contribution in [0.15, 0.2) is 18.2 Å². The molecule has 1 aliphatic carbocycles. The summed E-state index contributed by atoms with van der Waals surface area (Å²) >= 11 is 0. The normalized spacial score (nSPS) is 15.6. The fourth-order valence-corrected chi connectivity index (χ4v) is 2.49. The molecule has 1 aliphatic rings. The minimum atomic E-state index is -0.354. The fraction of sp³-hybridized carbons (Fsp3) is 0.571. The second-order valence-corrected chi connectivity index (χ2v) is 4.93. The van der Waals surface area contributed by atoms with E-state index in [0.717, 1.165) is 18.4 Å². The highest BCUT2D eigenvalue weighted by molar-refractivity contribution is 5.65. The Morgan fingerprint density at radius 3 is 2.84 bits per heavy atom. The maximum Gasteiger partial charge on any atom is 0.292 e. The molecule has 5 nitrogen and oxygen atoms in total. The van der Waals surface area contributed by atoms with E-state index in [2.05, 4.69) is 5.32 Å². The lowest BCUT2D eigenvalue weighted by Crippen LogP contribution is -2.16. The Morgan fingerprint density at radius 1 is 1.42 bits per heavy atom. The maximum absolute atomic E-state index is 11.0. The molecule has 0 saturated heterocycles. The van der Waals surface area contributed by atoms with Crippen LogP contribution < -0.4 is 5.32 Å². The van der Waals surface area contributed by atoms with Crippen LogP contribution in [0.3, 0.4) is 0 Å². The van der Waals surface area contributed by atoms with Gasteiger partial charge in [-0.2, -0.15) is 0 Å². The number of nitro benzene ring substituents is 1. The first-order chi connectivity index (χ1) is 9.18. The van der Waals surface area contributed by atoms with Gasteiger partial charge in [0.15, 0.2) is 0 Å². The molecular formula is C14H20N2O3. The number of nitrogens with zero attached hydrogens (tertiary/aromatic N) is 1. The van der Waals surface area contributed by atoms with Crippen molar-refractivity contribution in [3.8, 4) is 0 Å². The average molecular weight is 264 g/mol. The third kappa shape index (κ3) is 3.67. The van der Waals surface area contributed by atoms with Crippen molar-refractivity contribution in [2.24, 2.45) is 0 Å². The molecule has 1 fully saturated rings. The summed E-state index contributed by atoms with van der Waals surface area (Å²) in [5, 5.41) is 14.1. The van der Waals surface area contributed by atoms with Crippen molar-refractivity contribution in [3.63, 3.8) is 0 Å². The van der Waals surface area contributed by atoms with E-state index in [9.17, 15) is 10.1 Å². The summed E-state index contributed by atoms with van der Waals surface area (Å²) in [4.78, 5) is 10.6. The van der Waals surface area contributed by atoms with Crippen molar-refractivity contribution in [1.82, 2.24) is 0 Å². The van der Waals surface area contributed by atoms with Crippen LogP contribution in [-0.4, -0.2) is 24.2 Å². The molecule has 0 atom stereocenters. The number of nitrogens with one attached hydrogen (secondary N) is 1. The van der Waals surface area contributed by atoms with Gasteiger partial charge in [0.1, 0.15) is 5.69 Å². The predicted octanol–water partition coefficient (Wildman–Crippen LogP) is 3.27. The van der Waals surface area contributed by atoms with E-state index in [1.807, 2.05) is 13.0 Å². The second kappa shape index (κ2) is 6.52. The second-order valence-electron chi connectivity index (χ2n) is 4.93. The summed E-state index contributed by atoms with van der Waals surface area (Å²) in [6.07, 6.45) is 5.17. The number of nitro groups is 1. The lowest BCUT2D eigenvalue weighted by atomic mass is 10.1. The van der Waals surface area contributed by atoms with Crippen LogP contribution in [0.2, 0.25) is 0 Å². The molecule has 2 rings (SSSR count). The van der Waals surface area contributed by atoms with Crippen molar-refractivity contribution >= 4 is 11.4 Å². The molecule has 0 aliphatic heterocycles. The molecule has 0 radical (unpaired) electrons. The van der Waals surface area contributed by atoms with Crippen LogP contribution in [0.25, 0.3) is 0 Å². The number of aryl methyl sites for hydroxylation is 1. The summed E-state index contributed by atoms with van der Waals surface area (Å²) in [5.41, 5.74) is 1.61. The summed E-state index contributed by atoms with van der Waals surface area (Å²) in [6, 6.07) is 5.09. The van der Waals surface area contributed by atoms with Crippen LogP contribution in [0.1, 0.15) is 31.2 Å². The minimum absolute atomic E-state index is 0.126. The topological polar surface area (TPSA) is 64.4 Å². The van der Waals surface area contributed by atoms with Crippen molar-refractivity contribution in [2.75, 3.05) is 18.5 Å². The molecule has 1 saturated carbocycles. The van der Waals surface area contributed by atoms with Crippen molar-refractivity contribution in [1.29, 1.82) is 0 Å². The first kappa shape index (κ1) is 13.8. The number of para-hydroxylation sites is 1. The summed E-state index contributed by atoms with van der Waals surface area (Å²) in [5.74, 6) is 0. The molecule has 0 bridgehead atoms. The van der Waals surface area contributed by atoms with Gasteiger partial charge in [0.05, 0.1) is 17.6 Å². The molecule has 1 aromatic carbocycles. The Morgan fingerprint density at radius 2 is 2.16 bits per heavy atom. The third-order valence-corrected chi connectivity index (χ3v) is 3.51. The van der Waals surface area contributed by atoms with E-state index in [4.69, 9.17) is 4.74 Å². The number of benzene rings is 1. The van der Waals surface area contributed by atoms with E-state index < -0.39 is 0 Å². The maximum atomic E-state index is 11.0. The first-order valence-corrected chi connectivity index (χ1v) is 6.78. The SMILES string of the molecule is Cc1cccc([N+](=O)[O-])c1NCCOC1CCCC1. The predicted molar refractivity (Wildman–Crippen MR) is 74.5 cm³/mol. The van der Waals surface area contributed by atoms with Gasteiger partial charge >= 0.3 is 0 Å². The van der Waals surface area contributed by atoms with E-state index in [1.54, 1.807) is 6.07 Å². The Hall–Kier alpha value is -1.62. The quantitative estimate of drug-likeness (QED) is 0.486. The van der Waals surface area contributed by atoms with E-state index in [-0.39, 0.29) is 10.6 Å². The van der Waals surface area contributed by atoms with Crippen LogP contribution >= 0.6 is 0 Å². The highest BCUT2D eigenvalue weighted by Gasteiger charge is 2.16. The number of hydrogen-bond donors (Lipinski definition) is 1. The van der Waals surface area contributed by atoms with E-state index in [1.165, 1.54) is 18.9 Å². The highest BCUT2D eigenvalue weighted by atomic mass is 16.6. The Bertz CT molecular complexity index is 442. The summed E-state index contributed by atoms with van der Waals surface area (Å²) in [6.45, 7) is 3.06. The van der Waals surface area contributed by atoms with Gasteiger partial charge in [0.2, 0.25) is 0 Å². The van der Waals surface area contributed by atoms with Gasteiger partial charge in [0.25, 0.3) is 5.69 Å². The molecule has 0 heterocycles. The smallest absolute Gasteiger partial charge is 0.292 e. The average Bonchev–Trinajstić information content (AvgIpc) is 2.88. The molecular weight excluding hydrogens is 244 g/mol. The summed E-state index contributed by atoms with van der Waals surface area (Å²) < 4.78 is 5.73. The van der Waals surface area contributed by atoms with Crippen LogP contribution in [0.5, 0.6) is 0 Å². The molecule has 1 aromatic rings. The lowest BCUT2D eigenvalue weighted by molar-refractivity contribution is -0.384. The van der Waals surface area contributed by atoms with Gasteiger partial charge in [-0.1, -0.05) is 25.0 Å². The molecule has 5 heteroatoms. The van der Waals surface area contributed by atoms with Gasteiger partial charge in [-0.3, -0.25) is 10.1 Å². The zero-order chi connectivity index (χ0) is 13.7. The first-order valence-electron chi connectivity index (χ1n) is 6.78. The zero-order valence-electron chi connectivity index (χ0n) is 11.2. The van der Waals surface area contributed by atoms with Gasteiger partial charge in [0, 0.05) is 12.6 Å². The van der Waals surface area contributed by atoms with Crippen LogP contribution in [0, 0.1) is 17.0 Å². The van der Waals surface area contributed by atoms with Crippen molar-refractivity contribution in [2.45, 2.75) is 38.7 Å². The van der Waals surface area contributed by atoms with Gasteiger partial charge in [-0.05, 0) is 25.3 Å². The van der Waals surface area contributed by atoms with Crippen LogP contribution in [-0.2, 0) is 4.74 Å². The highest BCUT2D eigenvalue weighted by Crippen LogP contribution is 2.27. The number of anilines is 1. The lowest BCUT2D eigenvalue weighted by Gasteiger charge is -2.13. The Labute approximate surface area is 113 Å². The third-order valence-electron chi connectivity index (χ3n) is 3.51. The molecule has 0 spiro atoms. The van der Waals surface area contributed by atoms with Crippen molar-refractivity contribution < 1.29 is 9.66 Å². The monoisotopic (exact) mass is 264 g/mol. The zero-order valence-corrected chi connectivity index (χ0v) is 11.2. The summed E-state index contributed by atoms with van der Waals surface area (Å²) in [7, 11) is 0. The van der Waals surface area contributed by atoms with E-state index >= 15 is 0 Å². The van der Waals surface area contributed by atoms with Gasteiger partial charge < -0.3 is 10.1 Å². The molecule has 0 amide bonds. The fourth-order valence-electron chi connectivity index (χ4n) is 2.49. The molecule has 0 aromatic heterocycles. The molecule has 1 N–H and O–H groups in total. The van der Waals surface area contributed by atoms with Gasteiger partial charge in [-0.25, -0.2) is 0 Å². The number of hydrogen-bond acceptors (Lipinski definition) is 4. The number of ether oxygens (including phenoxy) is 1. The standard InChI is InChI=1S/C14H20N2O3/c1-11-5-4-8-13(16(17)18)14(11)15-9-10-19-12-6-2-3-7-12/h4-5,8,12,15H,2-3,6-7,9-10H2,1H3. The van der Waals surface area contributed by atoms with Gasteiger partial charge in [-0.15, -0.1) is 0 Å². The van der Waals surface area contributed by atoms with E-state index in [0.29, 0.717) is 24.9 Å². The molecule has 0 unspecified atom stereocenters. The Balaban J connectivity index is 1.86. The van der Waals surface area contributed by atoms with Crippen LogP contribution in [0.4, 0.5) is 11.4 Å². The molecule has 104 valence electrons. The molecule has 19 heavy (non-hydrogen) atoms. The minimum Gasteiger partial charge on any atom is -0.377 e. The largest absolute Gasteiger partial charge is 0.377 e. The Kier molecular flexibility index (Phi) is 4.74. The number of rotatable bonds is 6.